The monoisotopic (exact) mass is 328 g/mol. The van der Waals surface area contributed by atoms with Gasteiger partial charge in [-0.25, -0.2) is 10.9 Å². The van der Waals surface area contributed by atoms with Gasteiger partial charge in [-0.2, -0.15) is 10.2 Å². The van der Waals surface area contributed by atoms with Crippen molar-refractivity contribution in [3.05, 3.63) is 35.9 Å². The van der Waals surface area contributed by atoms with Crippen LogP contribution in [0.4, 0.5) is 0 Å². The number of allylic oxidation sites excluding steroid dienone is 1. The molecule has 7 heteroatoms. The van der Waals surface area contributed by atoms with Crippen molar-refractivity contribution in [3.8, 4) is 5.75 Å². The third kappa shape index (κ3) is 4.77. The van der Waals surface area contributed by atoms with Crippen molar-refractivity contribution in [3.63, 3.8) is 0 Å². The van der Waals surface area contributed by atoms with Gasteiger partial charge in [0, 0.05) is 23.9 Å². The number of carbonyl (C=O) groups excluding carboxylic acids is 2. The Hall–Kier alpha value is -2.96. The van der Waals surface area contributed by atoms with Crippen LogP contribution in [0.3, 0.4) is 0 Å². The summed E-state index contributed by atoms with van der Waals surface area (Å²) in [4.78, 5) is 23.2. The number of nitrogens with one attached hydrogen (secondary N) is 2. The molecule has 2 N–H and O–H groups in total. The lowest BCUT2D eigenvalue weighted by Crippen LogP contribution is -2.25. The topological polar surface area (TPSA) is 92.1 Å². The van der Waals surface area contributed by atoms with Gasteiger partial charge in [-0.3, -0.25) is 9.59 Å². The van der Waals surface area contributed by atoms with Gasteiger partial charge in [0.2, 0.25) is 11.8 Å². The molecule has 1 aliphatic heterocycles. The Morgan fingerprint density at radius 3 is 2.96 bits per heavy atom. The molecular weight excluding hydrogens is 308 g/mol. The van der Waals surface area contributed by atoms with E-state index in [2.05, 4.69) is 21.1 Å². The van der Waals surface area contributed by atoms with Gasteiger partial charge in [-0.1, -0.05) is 18.2 Å². The molecule has 1 atom stereocenters. The quantitative estimate of drug-likeness (QED) is 0.589. The highest BCUT2D eigenvalue weighted by molar-refractivity contribution is 6.07. The van der Waals surface area contributed by atoms with Gasteiger partial charge in [0.1, 0.15) is 5.75 Å². The zero-order valence-electron chi connectivity index (χ0n) is 13.7. The predicted molar refractivity (Wildman–Crippen MR) is 92.6 cm³/mol. The highest BCUT2D eigenvalue weighted by Gasteiger charge is 2.26. The van der Waals surface area contributed by atoms with Crippen LogP contribution in [0.5, 0.6) is 5.75 Å². The van der Waals surface area contributed by atoms with E-state index in [9.17, 15) is 9.59 Å². The van der Waals surface area contributed by atoms with Crippen molar-refractivity contribution in [1.29, 1.82) is 0 Å². The Morgan fingerprint density at radius 2 is 2.25 bits per heavy atom. The van der Waals surface area contributed by atoms with E-state index in [4.69, 9.17) is 4.74 Å². The van der Waals surface area contributed by atoms with Gasteiger partial charge >= 0.3 is 0 Å². The van der Waals surface area contributed by atoms with Crippen molar-refractivity contribution in [2.75, 3.05) is 7.11 Å². The molecule has 0 saturated carbocycles. The smallest absolute Gasteiger partial charge is 0.248 e. The van der Waals surface area contributed by atoms with Crippen molar-refractivity contribution < 1.29 is 14.3 Å². The first-order valence-corrected chi connectivity index (χ1v) is 7.57. The Morgan fingerprint density at radius 1 is 1.46 bits per heavy atom. The van der Waals surface area contributed by atoms with Crippen LogP contribution in [-0.2, 0) is 9.59 Å². The maximum absolute atomic E-state index is 11.7. The minimum absolute atomic E-state index is 0.163. The van der Waals surface area contributed by atoms with Gasteiger partial charge < -0.3 is 4.74 Å². The van der Waals surface area contributed by atoms with Crippen molar-refractivity contribution in [2.45, 2.75) is 19.8 Å². The summed E-state index contributed by atoms with van der Waals surface area (Å²) in [5.74, 6) is 0.0243. The fourth-order valence-electron chi connectivity index (χ4n) is 2.26. The normalized spacial score (nSPS) is 17.2. The Balaban J connectivity index is 1.75. The molecule has 1 heterocycles. The molecule has 1 aromatic rings. The van der Waals surface area contributed by atoms with Gasteiger partial charge in [0.25, 0.3) is 0 Å². The first-order chi connectivity index (χ1) is 11.6. The van der Waals surface area contributed by atoms with E-state index in [1.54, 1.807) is 20.1 Å². The van der Waals surface area contributed by atoms with Crippen LogP contribution in [0.1, 0.15) is 25.3 Å². The Kier molecular flexibility index (Phi) is 6.24. The van der Waals surface area contributed by atoms with Gasteiger partial charge in [0.15, 0.2) is 0 Å². The molecular formula is C17H20N4O3. The number of hydrogen-bond donors (Lipinski definition) is 2. The molecule has 1 aromatic carbocycles. The first kappa shape index (κ1) is 17.4. The maximum atomic E-state index is 11.7. The lowest BCUT2D eigenvalue weighted by molar-refractivity contribution is -0.123. The molecule has 2 amide bonds. The number of amides is 2. The molecule has 2 rings (SSSR count). The van der Waals surface area contributed by atoms with Gasteiger partial charge in [0.05, 0.1) is 13.0 Å². The Labute approximate surface area is 140 Å². The van der Waals surface area contributed by atoms with Crippen molar-refractivity contribution >= 4 is 29.8 Å². The number of nitrogens with zero attached hydrogens (tertiary/aromatic N) is 2. The van der Waals surface area contributed by atoms with Crippen LogP contribution in [0, 0.1) is 5.92 Å². The zero-order valence-corrected chi connectivity index (χ0v) is 13.7. The lowest BCUT2D eigenvalue weighted by atomic mass is 9.99. The van der Waals surface area contributed by atoms with Crippen molar-refractivity contribution in [1.82, 2.24) is 10.9 Å². The van der Waals surface area contributed by atoms with Crippen molar-refractivity contribution in [2.24, 2.45) is 16.1 Å². The fourth-order valence-corrected chi connectivity index (χ4v) is 2.26. The van der Waals surface area contributed by atoms with Crippen LogP contribution in [0.25, 0.3) is 6.08 Å². The summed E-state index contributed by atoms with van der Waals surface area (Å²) in [7, 11) is 1.61. The molecule has 0 saturated heterocycles. The summed E-state index contributed by atoms with van der Waals surface area (Å²) >= 11 is 0. The van der Waals surface area contributed by atoms with Gasteiger partial charge in [-0.05, 0) is 31.6 Å². The fraction of sp³-hybridized carbons (Fsp3) is 0.294. The molecule has 126 valence electrons. The van der Waals surface area contributed by atoms with E-state index in [1.165, 1.54) is 6.21 Å². The summed E-state index contributed by atoms with van der Waals surface area (Å²) in [5, 5.41) is 7.68. The SMILES string of the molecule is COc1ccccc1/C=C/C=NNC(=O)CCC1C(=O)NN=C1C. The molecule has 1 aliphatic rings. The predicted octanol–water partition coefficient (Wildman–Crippen LogP) is 1.71. The number of benzene rings is 1. The molecule has 0 spiro atoms. The standard InChI is InChI=1S/C17H20N4O3/c1-12-14(17(23)21-19-12)9-10-16(22)20-18-11-5-7-13-6-3-4-8-15(13)24-2/h3-8,11,14H,9-10H2,1-2H3,(H,20,22)(H,21,23)/b7-5+,18-11?. The van der Waals surface area contributed by atoms with Crippen LogP contribution < -0.4 is 15.6 Å². The molecule has 0 bridgehead atoms. The molecule has 0 aromatic heterocycles. The number of carbonyl (C=O) groups is 2. The zero-order chi connectivity index (χ0) is 17.4. The molecule has 7 nitrogen and oxygen atoms in total. The molecule has 0 radical (unpaired) electrons. The third-order valence-corrected chi connectivity index (χ3v) is 3.59. The Bertz CT molecular complexity index is 695. The summed E-state index contributed by atoms with van der Waals surface area (Å²) < 4.78 is 5.23. The molecule has 0 fully saturated rings. The summed E-state index contributed by atoms with van der Waals surface area (Å²) in [6.45, 7) is 1.77. The number of ether oxygens (including phenoxy) is 1. The largest absolute Gasteiger partial charge is 0.496 e. The maximum Gasteiger partial charge on any atom is 0.248 e. The second-order valence-corrected chi connectivity index (χ2v) is 5.23. The number of methoxy groups -OCH3 is 1. The third-order valence-electron chi connectivity index (χ3n) is 3.59. The van der Waals surface area contributed by atoms with Crippen LogP contribution in [-0.4, -0.2) is 30.9 Å². The van der Waals surface area contributed by atoms with E-state index in [1.807, 2.05) is 30.3 Å². The summed E-state index contributed by atoms with van der Waals surface area (Å²) in [6.07, 6.45) is 5.65. The minimum atomic E-state index is -0.329. The minimum Gasteiger partial charge on any atom is -0.496 e. The number of hydrazone groups is 2. The average Bonchev–Trinajstić information content (AvgIpc) is 2.91. The first-order valence-electron chi connectivity index (χ1n) is 7.57. The van der Waals surface area contributed by atoms with Crippen LogP contribution in [0.15, 0.2) is 40.5 Å². The van der Waals surface area contributed by atoms with E-state index in [-0.39, 0.29) is 24.2 Å². The number of hydrogen-bond acceptors (Lipinski definition) is 5. The van der Waals surface area contributed by atoms with E-state index in [0.717, 1.165) is 11.3 Å². The molecule has 1 unspecified atom stereocenters. The summed E-state index contributed by atoms with van der Waals surface area (Å²) in [6, 6.07) is 7.58. The van der Waals surface area contributed by atoms with E-state index < -0.39 is 0 Å². The second-order valence-electron chi connectivity index (χ2n) is 5.23. The number of rotatable bonds is 7. The highest BCUT2D eigenvalue weighted by Crippen LogP contribution is 2.18. The lowest BCUT2D eigenvalue weighted by Gasteiger charge is -2.06. The molecule has 0 aliphatic carbocycles. The van der Waals surface area contributed by atoms with E-state index >= 15 is 0 Å². The van der Waals surface area contributed by atoms with Crippen LogP contribution >= 0.6 is 0 Å². The van der Waals surface area contributed by atoms with Crippen LogP contribution in [0.2, 0.25) is 0 Å². The highest BCUT2D eigenvalue weighted by atomic mass is 16.5. The van der Waals surface area contributed by atoms with Gasteiger partial charge in [-0.15, -0.1) is 0 Å². The average molecular weight is 328 g/mol. The number of para-hydroxylation sites is 1. The summed E-state index contributed by atoms with van der Waals surface area (Å²) in [5.41, 5.74) is 6.44. The second kappa shape index (κ2) is 8.61. The van der Waals surface area contributed by atoms with E-state index in [0.29, 0.717) is 12.1 Å². The molecule has 24 heavy (non-hydrogen) atoms.